The summed E-state index contributed by atoms with van der Waals surface area (Å²) in [5, 5.41) is 7.24. The normalized spacial score (nSPS) is 16.5. The van der Waals surface area contributed by atoms with Gasteiger partial charge in [0.05, 0.1) is 11.5 Å². The van der Waals surface area contributed by atoms with Crippen molar-refractivity contribution in [2.45, 2.75) is 96.1 Å². The lowest BCUT2D eigenvalue weighted by molar-refractivity contribution is -0.138. The molecule has 0 amide bonds. The lowest BCUT2D eigenvalue weighted by Gasteiger charge is -2.18. The number of unbranched alkanes of at least 4 members (excludes halogenated alkanes) is 8. The molecule has 1 aromatic heterocycles. The first kappa shape index (κ1) is 27.6. The molecule has 4 nitrogen and oxygen atoms in total. The lowest BCUT2D eigenvalue weighted by Crippen LogP contribution is -2.28. The van der Waals surface area contributed by atoms with E-state index in [9.17, 15) is 13.2 Å². The second-order valence-electron chi connectivity index (χ2n) is 8.95. The van der Waals surface area contributed by atoms with Gasteiger partial charge in [0.25, 0.3) is 0 Å². The fourth-order valence-corrected chi connectivity index (χ4v) is 4.40. The summed E-state index contributed by atoms with van der Waals surface area (Å²) in [5.74, 6) is 0.850. The molecule has 8 heteroatoms. The van der Waals surface area contributed by atoms with Crippen LogP contribution in [0.25, 0.3) is 11.4 Å². The van der Waals surface area contributed by atoms with Gasteiger partial charge in [0.15, 0.2) is 0 Å². The molecule has 1 atom stereocenters. The number of aromatic nitrogens is 2. The summed E-state index contributed by atoms with van der Waals surface area (Å²) in [5.41, 5.74) is 0.122. The molecule has 0 saturated carbocycles. The topological polar surface area (TPSA) is 51.0 Å². The Morgan fingerprint density at radius 2 is 1.73 bits per heavy atom. The summed E-state index contributed by atoms with van der Waals surface area (Å²) in [6.45, 7) is 3.93. The van der Waals surface area contributed by atoms with Crippen LogP contribution >= 0.6 is 12.4 Å². The fraction of sp³-hybridized carbons (Fsp3) is 0.680. The number of hydrogen-bond acceptors (Lipinski definition) is 4. The Morgan fingerprint density at radius 1 is 1.03 bits per heavy atom. The molecule has 0 radical (unpaired) electrons. The predicted molar refractivity (Wildman–Crippen MR) is 128 cm³/mol. The van der Waals surface area contributed by atoms with Crippen molar-refractivity contribution < 1.29 is 17.7 Å². The first-order valence-corrected chi connectivity index (χ1v) is 12.2. The summed E-state index contributed by atoms with van der Waals surface area (Å²) in [7, 11) is 0. The van der Waals surface area contributed by atoms with Crippen LogP contribution in [0, 0.1) is 0 Å². The number of benzene rings is 1. The van der Waals surface area contributed by atoms with E-state index in [1.165, 1.54) is 44.6 Å². The maximum absolute atomic E-state index is 13.7. The number of rotatable bonds is 12. The number of alkyl halides is 3. The maximum atomic E-state index is 13.7. The Labute approximate surface area is 201 Å². The average molecular weight is 488 g/mol. The highest BCUT2D eigenvalue weighted by Gasteiger charge is 2.34. The van der Waals surface area contributed by atoms with E-state index in [1.807, 2.05) is 0 Å². The second-order valence-corrected chi connectivity index (χ2v) is 8.95. The number of piperidine rings is 1. The predicted octanol–water partition coefficient (Wildman–Crippen LogP) is 7.72. The minimum atomic E-state index is -4.40. The Hall–Kier alpha value is -1.60. The zero-order chi connectivity index (χ0) is 22.8. The van der Waals surface area contributed by atoms with E-state index < -0.39 is 11.7 Å². The smallest absolute Gasteiger partial charge is 0.339 e. The Balaban J connectivity index is 0.00000385. The van der Waals surface area contributed by atoms with E-state index in [1.54, 1.807) is 12.1 Å². The lowest BCUT2D eigenvalue weighted by atomic mass is 9.97. The van der Waals surface area contributed by atoms with Crippen LogP contribution in [0.1, 0.15) is 100 Å². The molecule has 1 fully saturated rings. The monoisotopic (exact) mass is 487 g/mol. The van der Waals surface area contributed by atoms with Gasteiger partial charge in [-0.15, -0.1) is 12.4 Å². The molecular formula is C25H37ClF3N3O. The van der Waals surface area contributed by atoms with Crippen molar-refractivity contribution in [3.05, 3.63) is 35.2 Å². The summed E-state index contributed by atoms with van der Waals surface area (Å²) in [6.07, 6.45) is 8.33. The molecule has 0 bridgehead atoms. The molecule has 1 aliphatic heterocycles. The maximum Gasteiger partial charge on any atom is 0.416 e. The number of nitrogens with zero attached hydrogens (tertiary/aromatic N) is 2. The van der Waals surface area contributed by atoms with Crippen LogP contribution in [0.15, 0.2) is 22.7 Å². The van der Waals surface area contributed by atoms with Crippen LogP contribution in [0.4, 0.5) is 13.2 Å². The van der Waals surface area contributed by atoms with Gasteiger partial charge in [0.2, 0.25) is 11.7 Å². The van der Waals surface area contributed by atoms with Crippen molar-refractivity contribution in [1.29, 1.82) is 0 Å². The molecule has 2 aromatic rings. The zero-order valence-electron chi connectivity index (χ0n) is 19.6. The molecular weight excluding hydrogens is 451 g/mol. The van der Waals surface area contributed by atoms with E-state index in [-0.39, 0.29) is 24.1 Å². The van der Waals surface area contributed by atoms with Gasteiger partial charge in [0, 0.05) is 12.1 Å². The number of aryl methyl sites for hydroxylation is 1. The van der Waals surface area contributed by atoms with Crippen LogP contribution in [0.3, 0.4) is 0 Å². The van der Waals surface area contributed by atoms with E-state index in [4.69, 9.17) is 4.52 Å². The number of halogens is 4. The number of hydrogen-bond donors (Lipinski definition) is 1. The van der Waals surface area contributed by atoms with Crippen LogP contribution in [-0.2, 0) is 12.6 Å². The highest BCUT2D eigenvalue weighted by molar-refractivity contribution is 5.85. The van der Waals surface area contributed by atoms with Gasteiger partial charge in [-0.25, -0.2) is 0 Å². The van der Waals surface area contributed by atoms with Crippen molar-refractivity contribution >= 4 is 12.4 Å². The zero-order valence-corrected chi connectivity index (χ0v) is 20.4. The number of nitrogens with one attached hydrogen (secondary N) is 1. The van der Waals surface area contributed by atoms with Crippen molar-refractivity contribution in [1.82, 2.24) is 15.5 Å². The van der Waals surface area contributed by atoms with Gasteiger partial charge in [0.1, 0.15) is 0 Å². The van der Waals surface area contributed by atoms with Crippen LogP contribution in [0.2, 0.25) is 0 Å². The molecule has 33 heavy (non-hydrogen) atoms. The standard InChI is InChI=1S/C25H36F3N3O.ClH/c1-2-3-4-5-6-7-8-9-10-12-19-14-15-20(17-22(19)25(26,27)28)23-30-24(32-31-23)21-13-11-16-29-18-21;/h14-15,17,21,29H,2-13,16,18H2,1H3;1H/t21-;/m1./s1. The third-order valence-electron chi connectivity index (χ3n) is 6.31. The van der Waals surface area contributed by atoms with E-state index in [2.05, 4.69) is 22.4 Å². The van der Waals surface area contributed by atoms with Crippen LogP contribution < -0.4 is 5.32 Å². The molecule has 0 unspecified atom stereocenters. The Bertz CT molecular complexity index is 819. The Kier molecular flexibility index (Phi) is 11.7. The molecule has 1 aromatic carbocycles. The third kappa shape index (κ3) is 8.60. The summed E-state index contributed by atoms with van der Waals surface area (Å²) in [6, 6.07) is 4.45. The highest BCUT2D eigenvalue weighted by Crippen LogP contribution is 2.35. The molecule has 3 rings (SSSR count). The van der Waals surface area contributed by atoms with E-state index >= 15 is 0 Å². The quantitative estimate of drug-likeness (QED) is 0.311. The van der Waals surface area contributed by atoms with Crippen molar-refractivity contribution in [3.8, 4) is 11.4 Å². The van der Waals surface area contributed by atoms with Gasteiger partial charge in [-0.2, -0.15) is 18.2 Å². The van der Waals surface area contributed by atoms with Gasteiger partial charge in [-0.3, -0.25) is 0 Å². The molecule has 1 aliphatic rings. The van der Waals surface area contributed by atoms with Gasteiger partial charge < -0.3 is 9.84 Å². The summed E-state index contributed by atoms with van der Waals surface area (Å²) >= 11 is 0. The third-order valence-corrected chi connectivity index (χ3v) is 6.31. The summed E-state index contributed by atoms with van der Waals surface area (Å²) in [4.78, 5) is 4.39. The first-order chi connectivity index (χ1) is 15.5. The highest BCUT2D eigenvalue weighted by atomic mass is 35.5. The van der Waals surface area contributed by atoms with Crippen molar-refractivity contribution in [2.75, 3.05) is 13.1 Å². The minimum Gasteiger partial charge on any atom is -0.339 e. The second kappa shape index (κ2) is 14.0. The minimum absolute atomic E-state index is 0. The first-order valence-electron chi connectivity index (χ1n) is 12.2. The Morgan fingerprint density at radius 3 is 2.36 bits per heavy atom. The van der Waals surface area contributed by atoms with Gasteiger partial charge in [-0.05, 0) is 43.9 Å². The van der Waals surface area contributed by atoms with E-state index in [0.717, 1.165) is 45.2 Å². The molecule has 1 saturated heterocycles. The van der Waals surface area contributed by atoms with Crippen LogP contribution in [-0.4, -0.2) is 23.2 Å². The van der Waals surface area contributed by atoms with Crippen molar-refractivity contribution in [3.63, 3.8) is 0 Å². The molecule has 0 spiro atoms. The SMILES string of the molecule is CCCCCCCCCCCc1ccc(-c2noc([C@@H]3CCCNC3)n2)cc1C(F)(F)F.Cl. The summed E-state index contributed by atoms with van der Waals surface area (Å²) < 4.78 is 46.6. The van der Waals surface area contributed by atoms with Gasteiger partial charge in [-0.1, -0.05) is 75.6 Å². The molecule has 186 valence electrons. The van der Waals surface area contributed by atoms with Gasteiger partial charge >= 0.3 is 6.18 Å². The largest absolute Gasteiger partial charge is 0.416 e. The molecule has 1 N–H and O–H groups in total. The van der Waals surface area contributed by atoms with E-state index in [0.29, 0.717) is 23.4 Å². The molecule has 0 aliphatic carbocycles. The fourth-order valence-electron chi connectivity index (χ4n) is 4.40. The van der Waals surface area contributed by atoms with Crippen LogP contribution in [0.5, 0.6) is 0 Å². The van der Waals surface area contributed by atoms with Crippen molar-refractivity contribution in [2.24, 2.45) is 0 Å². The average Bonchev–Trinajstić information content (AvgIpc) is 3.28. The molecule has 2 heterocycles.